The van der Waals surface area contributed by atoms with E-state index in [1.54, 1.807) is 14.0 Å². The third-order valence-corrected chi connectivity index (χ3v) is 8.91. The first-order chi connectivity index (χ1) is 20.1. The van der Waals surface area contributed by atoms with Crippen LogP contribution in [0.3, 0.4) is 0 Å². The topological polar surface area (TPSA) is 185 Å². The minimum absolute atomic E-state index is 0.0171. The van der Waals surface area contributed by atoms with E-state index >= 15 is 0 Å². The molecule has 0 aliphatic carbocycles. The van der Waals surface area contributed by atoms with E-state index in [9.17, 15) is 35.1 Å². The third-order valence-electron chi connectivity index (χ3n) is 8.91. The molecule has 3 rings (SSSR count). The molecule has 3 aliphatic rings. The van der Waals surface area contributed by atoms with Gasteiger partial charge in [-0.25, -0.2) is 4.79 Å². The number of epoxide rings is 1. The van der Waals surface area contributed by atoms with E-state index in [1.807, 2.05) is 26.0 Å². The Bertz CT molecular complexity index is 1010. The van der Waals surface area contributed by atoms with Gasteiger partial charge in [-0.3, -0.25) is 4.79 Å². The Balaban J connectivity index is 1.51. The van der Waals surface area contributed by atoms with Crippen molar-refractivity contribution in [2.45, 2.75) is 134 Å². The van der Waals surface area contributed by atoms with Crippen molar-refractivity contribution in [3.63, 3.8) is 0 Å². The molecule has 0 saturated carbocycles. The van der Waals surface area contributed by atoms with Crippen molar-refractivity contribution in [1.82, 2.24) is 0 Å². The Kier molecular flexibility index (Phi) is 12.3. The quantitative estimate of drug-likeness (QED) is 0.115. The number of carboxylic acids is 1. The fourth-order valence-corrected chi connectivity index (χ4v) is 6.53. The van der Waals surface area contributed by atoms with Gasteiger partial charge < -0.3 is 49.2 Å². The minimum Gasteiger partial charge on any atom is -0.479 e. The lowest BCUT2D eigenvalue weighted by molar-refractivity contribution is -0.287. The fraction of sp³-hybridized carbons (Fsp3) is 0.806. The monoisotopic (exact) mass is 614 g/mol. The van der Waals surface area contributed by atoms with Crippen molar-refractivity contribution < 1.29 is 58.8 Å². The number of aliphatic hydroxyl groups excluding tert-OH is 4. The van der Waals surface area contributed by atoms with Crippen molar-refractivity contribution in [3.8, 4) is 0 Å². The van der Waals surface area contributed by atoms with Crippen LogP contribution in [0.5, 0.6) is 0 Å². The molecule has 43 heavy (non-hydrogen) atoms. The number of allylic oxidation sites excluding steroid dienone is 3. The zero-order chi connectivity index (χ0) is 32.2. The van der Waals surface area contributed by atoms with Crippen LogP contribution in [-0.2, 0) is 33.3 Å². The number of hydrogen-bond acceptors (Lipinski definition) is 11. The van der Waals surface area contributed by atoms with Crippen LogP contribution in [0, 0.1) is 17.8 Å². The normalized spacial score (nSPS) is 39.6. The molecule has 3 heterocycles. The third kappa shape index (κ3) is 8.85. The molecule has 5 N–H and O–H groups in total. The van der Waals surface area contributed by atoms with Gasteiger partial charge in [0.25, 0.3) is 0 Å². The van der Waals surface area contributed by atoms with E-state index < -0.39 is 54.9 Å². The van der Waals surface area contributed by atoms with Crippen molar-refractivity contribution in [1.29, 1.82) is 0 Å². The summed E-state index contributed by atoms with van der Waals surface area (Å²) < 4.78 is 28.0. The van der Waals surface area contributed by atoms with E-state index in [-0.39, 0.29) is 48.1 Å². The second-order valence-corrected chi connectivity index (χ2v) is 12.8. The van der Waals surface area contributed by atoms with Crippen molar-refractivity contribution >= 4 is 11.9 Å². The van der Waals surface area contributed by atoms with E-state index in [1.165, 1.54) is 0 Å². The Labute approximate surface area is 253 Å². The SMILES string of the molecule is CO[C@H]([C@@H](C)[C@H]1O[C@]1(C)C[C@H](C)/C=C/C=C(\C)[C@H]1O[C@@H](CC(=O)O[C@H]2O[C@@H](C(=O)O)[C@@H](O)[C@@H](O)[C@@H]2O)CC[C@@H]1C)[C@@H](C)O. The molecule has 3 saturated heterocycles. The first-order valence-electron chi connectivity index (χ1n) is 15.1. The average Bonchev–Trinajstić information content (AvgIpc) is 3.59. The van der Waals surface area contributed by atoms with Gasteiger partial charge in [-0.05, 0) is 57.4 Å². The number of carbonyl (C=O) groups is 2. The summed E-state index contributed by atoms with van der Waals surface area (Å²) in [5, 5.41) is 49.1. The lowest BCUT2D eigenvalue weighted by atomic mass is 9.85. The van der Waals surface area contributed by atoms with E-state index in [4.69, 9.17) is 23.7 Å². The van der Waals surface area contributed by atoms with Gasteiger partial charge in [-0.2, -0.15) is 0 Å². The van der Waals surface area contributed by atoms with Crippen LogP contribution >= 0.6 is 0 Å². The van der Waals surface area contributed by atoms with Gasteiger partial charge in [0.15, 0.2) is 6.10 Å². The largest absolute Gasteiger partial charge is 0.479 e. The second kappa shape index (κ2) is 14.9. The molecular formula is C31H50O12. The summed E-state index contributed by atoms with van der Waals surface area (Å²) in [6, 6.07) is 0. The molecule has 12 heteroatoms. The second-order valence-electron chi connectivity index (χ2n) is 12.8. The Morgan fingerprint density at radius 2 is 1.72 bits per heavy atom. The molecule has 0 aromatic heterocycles. The highest BCUT2D eigenvalue weighted by Crippen LogP contribution is 2.47. The number of esters is 1. The van der Waals surface area contributed by atoms with Crippen LogP contribution in [-0.4, -0.2) is 111 Å². The molecule has 0 aromatic carbocycles. The van der Waals surface area contributed by atoms with E-state index in [0.29, 0.717) is 6.42 Å². The minimum atomic E-state index is -1.87. The molecule has 0 aromatic rings. The summed E-state index contributed by atoms with van der Waals surface area (Å²) >= 11 is 0. The van der Waals surface area contributed by atoms with Gasteiger partial charge in [0.1, 0.15) is 18.3 Å². The highest BCUT2D eigenvalue weighted by Gasteiger charge is 2.57. The molecule has 0 amide bonds. The first-order valence-corrected chi connectivity index (χ1v) is 15.1. The lowest BCUT2D eigenvalue weighted by Crippen LogP contribution is -2.60. The van der Waals surface area contributed by atoms with Crippen molar-refractivity contribution in [2.75, 3.05) is 7.11 Å². The van der Waals surface area contributed by atoms with Gasteiger partial charge in [0, 0.05) is 13.0 Å². The standard InChI is InChI=1S/C31H50O12/c1-15(14-31(6)28(43-31)18(4)26(39-7)19(5)32)9-8-10-16(2)25-17(3)11-12-20(40-25)13-21(33)41-30-24(36)22(34)23(35)27(42-30)29(37)38/h8-10,15,17-20,22-28,30,32,34-36H,11-14H2,1-7H3,(H,37,38)/b9-8+,16-10+/t15-,17+,18-,19-,20-,22-,23+,24+,25-,26-,27-,28-,30+,31-/m1/s1. The van der Waals surface area contributed by atoms with Gasteiger partial charge >= 0.3 is 11.9 Å². The molecule has 246 valence electrons. The maximum Gasteiger partial charge on any atom is 0.335 e. The molecule has 14 atom stereocenters. The summed E-state index contributed by atoms with van der Waals surface area (Å²) in [4.78, 5) is 23.9. The summed E-state index contributed by atoms with van der Waals surface area (Å²) in [6.07, 6.45) is -2.41. The smallest absolute Gasteiger partial charge is 0.335 e. The van der Waals surface area contributed by atoms with Crippen molar-refractivity contribution in [2.24, 2.45) is 17.8 Å². The van der Waals surface area contributed by atoms with Gasteiger partial charge in [0.2, 0.25) is 6.29 Å². The molecule has 12 nitrogen and oxygen atoms in total. The van der Waals surface area contributed by atoms with Crippen LogP contribution in [0.25, 0.3) is 0 Å². The number of methoxy groups -OCH3 is 1. The molecule has 0 radical (unpaired) electrons. The van der Waals surface area contributed by atoms with E-state index in [2.05, 4.69) is 26.8 Å². The number of hydrogen-bond donors (Lipinski definition) is 5. The summed E-state index contributed by atoms with van der Waals surface area (Å²) in [6.45, 7) is 12.0. The van der Waals surface area contributed by atoms with Crippen LogP contribution in [0.4, 0.5) is 0 Å². The van der Waals surface area contributed by atoms with Crippen LogP contribution in [0.1, 0.15) is 67.2 Å². The van der Waals surface area contributed by atoms with Crippen LogP contribution < -0.4 is 0 Å². The zero-order valence-corrected chi connectivity index (χ0v) is 26.2. The maximum atomic E-state index is 12.6. The predicted molar refractivity (Wildman–Crippen MR) is 154 cm³/mol. The van der Waals surface area contributed by atoms with Crippen molar-refractivity contribution in [3.05, 3.63) is 23.8 Å². The highest BCUT2D eigenvalue weighted by atomic mass is 16.7. The predicted octanol–water partition coefficient (Wildman–Crippen LogP) is 1.71. The summed E-state index contributed by atoms with van der Waals surface area (Å²) in [5.74, 6) is -1.82. The molecule has 0 unspecified atom stereocenters. The first kappa shape index (κ1) is 35.6. The molecule has 3 fully saturated rings. The lowest BCUT2D eigenvalue weighted by Gasteiger charge is -2.38. The number of carboxylic acid groups (broad SMARTS) is 1. The molecular weight excluding hydrogens is 564 g/mol. The van der Waals surface area contributed by atoms with Crippen LogP contribution in [0.2, 0.25) is 0 Å². The van der Waals surface area contributed by atoms with Gasteiger partial charge in [-0.1, -0.05) is 39.0 Å². The summed E-state index contributed by atoms with van der Waals surface area (Å²) in [7, 11) is 1.60. The number of ether oxygens (including phenoxy) is 5. The van der Waals surface area contributed by atoms with E-state index in [0.717, 1.165) is 18.4 Å². The number of carbonyl (C=O) groups excluding carboxylic acids is 1. The van der Waals surface area contributed by atoms with Gasteiger partial charge in [0.05, 0.1) is 42.5 Å². The van der Waals surface area contributed by atoms with Gasteiger partial charge in [-0.15, -0.1) is 0 Å². The Hall–Kier alpha value is -1.90. The zero-order valence-electron chi connectivity index (χ0n) is 26.2. The Morgan fingerprint density at radius 1 is 1.05 bits per heavy atom. The number of aliphatic carboxylic acids is 1. The molecule has 0 spiro atoms. The molecule has 0 bridgehead atoms. The molecule has 3 aliphatic heterocycles. The maximum absolute atomic E-state index is 12.6. The number of aliphatic hydroxyl groups is 4. The number of rotatable bonds is 13. The average molecular weight is 615 g/mol. The fourth-order valence-electron chi connectivity index (χ4n) is 6.53. The summed E-state index contributed by atoms with van der Waals surface area (Å²) in [5.41, 5.74) is 0.725. The highest BCUT2D eigenvalue weighted by molar-refractivity contribution is 5.73. The van der Waals surface area contributed by atoms with Crippen LogP contribution in [0.15, 0.2) is 23.8 Å². The Morgan fingerprint density at radius 3 is 2.33 bits per heavy atom.